The normalized spacial score (nSPS) is 17.5. The Morgan fingerprint density at radius 2 is 1.30 bits per heavy atom. The number of aliphatic hydroxyl groups excluding tert-OH is 2. The first kappa shape index (κ1) is 24.5. The molecule has 2 rings (SSSR count). The van der Waals surface area contributed by atoms with Gasteiger partial charge in [0.05, 0.1) is 35.7 Å². The monoisotopic (exact) mass is 482 g/mol. The number of H-pyrrole nitrogens is 2. The molecule has 0 saturated carbocycles. The molecule has 0 aromatic carbocycles. The number of nitrogens with zero attached hydrogens (tertiary/aromatic N) is 4. The summed E-state index contributed by atoms with van der Waals surface area (Å²) in [6.07, 6.45) is -0.529. The van der Waals surface area contributed by atoms with Gasteiger partial charge in [-0.15, -0.1) is 22.7 Å². The lowest BCUT2D eigenvalue weighted by Crippen LogP contribution is -2.25. The van der Waals surface area contributed by atoms with Crippen LogP contribution in [0.15, 0.2) is 21.0 Å². The van der Waals surface area contributed by atoms with Crippen LogP contribution in [0.2, 0.25) is 0 Å². The molecule has 2 aromatic heterocycles. The Morgan fingerprint density at radius 3 is 1.57 bits per heavy atom. The van der Waals surface area contributed by atoms with Crippen molar-refractivity contribution in [3.05, 3.63) is 30.1 Å². The quantitative estimate of drug-likeness (QED) is 0.268. The third kappa shape index (κ3) is 6.87. The number of aliphatic hydroxyl groups is 2. The molecular formula is C18H22N6O2S4. The van der Waals surface area contributed by atoms with Crippen LogP contribution >= 0.6 is 47.1 Å². The molecule has 0 bridgehead atoms. The Hall–Kier alpha value is -1.80. The van der Waals surface area contributed by atoms with Gasteiger partial charge in [0.25, 0.3) is 0 Å². The number of hydrogen-bond donors (Lipinski definition) is 4. The van der Waals surface area contributed by atoms with Crippen LogP contribution in [0.5, 0.6) is 0 Å². The van der Waals surface area contributed by atoms with Gasteiger partial charge in [0.1, 0.15) is 0 Å². The summed E-state index contributed by atoms with van der Waals surface area (Å²) < 4.78 is 1.14. The van der Waals surface area contributed by atoms with E-state index in [1.165, 1.54) is 22.7 Å². The van der Waals surface area contributed by atoms with Gasteiger partial charge in [0.2, 0.25) is 0 Å². The summed E-state index contributed by atoms with van der Waals surface area (Å²) in [6, 6.07) is 4.21. The lowest BCUT2D eigenvalue weighted by Gasteiger charge is -2.21. The van der Waals surface area contributed by atoms with Gasteiger partial charge < -0.3 is 20.2 Å². The Morgan fingerprint density at radius 1 is 0.933 bits per heavy atom. The largest absolute Gasteiger partial charge is 0.387 e. The van der Waals surface area contributed by atoms with Crippen molar-refractivity contribution in [3.63, 3.8) is 0 Å². The highest BCUT2D eigenvalue weighted by molar-refractivity contribution is 7.73. The minimum atomic E-state index is -1.19. The first-order valence-electron chi connectivity index (χ1n) is 9.08. The Balaban J connectivity index is 2.00. The van der Waals surface area contributed by atoms with Gasteiger partial charge in [-0.2, -0.15) is 20.8 Å². The van der Waals surface area contributed by atoms with Crippen molar-refractivity contribution in [2.75, 3.05) is 0 Å². The van der Waals surface area contributed by atoms with Crippen LogP contribution in [0, 0.1) is 30.6 Å². The average Bonchev–Trinajstić information content (AvgIpc) is 3.37. The van der Waals surface area contributed by atoms with E-state index in [1.807, 2.05) is 0 Å². The first-order valence-corrected chi connectivity index (χ1v) is 11.7. The third-order valence-corrected chi connectivity index (χ3v) is 6.74. The number of hydrogen-bond acceptors (Lipinski definition) is 10. The molecule has 0 spiro atoms. The average molecular weight is 483 g/mol. The molecule has 4 N–H and O–H groups in total. The second kappa shape index (κ2) is 10.5. The second-order valence-electron chi connectivity index (χ2n) is 7.29. The number of azo groups is 1. The molecule has 12 heteroatoms. The Labute approximate surface area is 192 Å². The van der Waals surface area contributed by atoms with E-state index in [-0.39, 0.29) is 25.7 Å². The van der Waals surface area contributed by atoms with Gasteiger partial charge in [-0.3, -0.25) is 0 Å². The maximum Gasteiger partial charge on any atom is 0.164 e. The summed E-state index contributed by atoms with van der Waals surface area (Å²) in [6.45, 7) is 3.22. The predicted molar refractivity (Wildman–Crippen MR) is 120 cm³/mol. The number of rotatable bonds is 10. The molecule has 160 valence electrons. The van der Waals surface area contributed by atoms with Gasteiger partial charge in [-0.1, -0.05) is 0 Å². The molecule has 4 unspecified atom stereocenters. The van der Waals surface area contributed by atoms with Crippen molar-refractivity contribution in [2.45, 2.75) is 62.8 Å². The standard InChI is InChI=1S/C18H22N6O2S4/c1-17(9-19,5-3-13(25)11-7-29-15(27)21-11)23-24-18(2,10-20)6-4-14(26)12-8-30-16(28)22-12/h7-8,13-14,25-26H,3-6H2,1-2H3,(H,21,27)(H,22,28). The van der Waals surface area contributed by atoms with E-state index in [9.17, 15) is 20.7 Å². The zero-order chi connectivity index (χ0) is 22.4. The molecule has 0 saturated heterocycles. The fourth-order valence-corrected chi connectivity index (χ4v) is 4.31. The smallest absolute Gasteiger partial charge is 0.164 e. The van der Waals surface area contributed by atoms with E-state index >= 15 is 0 Å². The maximum atomic E-state index is 10.3. The van der Waals surface area contributed by atoms with E-state index in [4.69, 9.17) is 24.4 Å². The molecule has 0 aliphatic carbocycles. The van der Waals surface area contributed by atoms with Crippen LogP contribution < -0.4 is 0 Å². The summed E-state index contributed by atoms with van der Waals surface area (Å²) in [5.41, 5.74) is -1.18. The molecule has 0 amide bonds. The molecule has 0 aliphatic heterocycles. The minimum Gasteiger partial charge on any atom is -0.387 e. The third-order valence-electron chi connectivity index (χ3n) is 4.58. The van der Waals surface area contributed by atoms with Gasteiger partial charge in [-0.25, -0.2) is 0 Å². The van der Waals surface area contributed by atoms with E-state index in [0.717, 1.165) is 0 Å². The van der Waals surface area contributed by atoms with Crippen LogP contribution in [0.25, 0.3) is 0 Å². The van der Waals surface area contributed by atoms with Crippen molar-refractivity contribution in [3.8, 4) is 12.1 Å². The number of aromatic amines is 2. The van der Waals surface area contributed by atoms with Crippen molar-refractivity contribution < 1.29 is 10.2 Å². The van der Waals surface area contributed by atoms with Crippen molar-refractivity contribution >= 4 is 47.1 Å². The number of aromatic nitrogens is 2. The van der Waals surface area contributed by atoms with Gasteiger partial charge in [0.15, 0.2) is 19.0 Å². The van der Waals surface area contributed by atoms with Crippen LogP contribution in [-0.4, -0.2) is 31.3 Å². The summed E-state index contributed by atoms with van der Waals surface area (Å²) in [7, 11) is 0. The number of nitrogens with one attached hydrogen (secondary N) is 2. The molecule has 0 aliphatic rings. The zero-order valence-corrected chi connectivity index (χ0v) is 19.7. The highest BCUT2D eigenvalue weighted by Crippen LogP contribution is 2.29. The Kier molecular flexibility index (Phi) is 8.55. The molecule has 2 aromatic rings. The van der Waals surface area contributed by atoms with Crippen LogP contribution in [0.4, 0.5) is 0 Å². The molecule has 8 nitrogen and oxygen atoms in total. The fourth-order valence-electron chi connectivity index (χ4n) is 2.54. The number of thiazole rings is 2. The summed E-state index contributed by atoms with van der Waals surface area (Å²) in [5, 5.41) is 51.5. The first-order chi connectivity index (χ1) is 14.1. The molecule has 0 fully saturated rings. The minimum absolute atomic E-state index is 0.250. The molecule has 0 radical (unpaired) electrons. The van der Waals surface area contributed by atoms with E-state index < -0.39 is 23.3 Å². The van der Waals surface area contributed by atoms with Crippen LogP contribution in [0.3, 0.4) is 0 Å². The van der Waals surface area contributed by atoms with Crippen LogP contribution in [0.1, 0.15) is 63.1 Å². The van der Waals surface area contributed by atoms with Gasteiger partial charge in [-0.05, 0) is 64.0 Å². The van der Waals surface area contributed by atoms with Crippen molar-refractivity contribution in [1.29, 1.82) is 10.5 Å². The number of nitriles is 2. The lowest BCUT2D eigenvalue weighted by atomic mass is 9.95. The molecule has 2 heterocycles. The van der Waals surface area contributed by atoms with Crippen molar-refractivity contribution in [2.24, 2.45) is 10.2 Å². The maximum absolute atomic E-state index is 10.3. The lowest BCUT2D eigenvalue weighted by molar-refractivity contribution is 0.151. The molecule has 30 heavy (non-hydrogen) atoms. The van der Waals surface area contributed by atoms with Gasteiger partial charge >= 0.3 is 0 Å². The van der Waals surface area contributed by atoms with Crippen molar-refractivity contribution in [1.82, 2.24) is 9.97 Å². The SMILES string of the molecule is CC(C#N)(CCC(O)c1csc(=S)[nH]1)N=NC(C)(C#N)CCC(O)c1csc(=S)[nH]1. The topological polar surface area (TPSA) is 144 Å². The van der Waals surface area contributed by atoms with E-state index in [1.54, 1.807) is 24.6 Å². The summed E-state index contributed by atoms with van der Waals surface area (Å²) in [4.78, 5) is 5.82. The highest BCUT2D eigenvalue weighted by Gasteiger charge is 2.30. The van der Waals surface area contributed by atoms with E-state index in [0.29, 0.717) is 19.3 Å². The molecule has 4 atom stereocenters. The predicted octanol–water partition coefficient (Wildman–Crippen LogP) is 5.27. The fraction of sp³-hybridized carbons (Fsp3) is 0.556. The summed E-state index contributed by atoms with van der Waals surface area (Å²) in [5.74, 6) is 0. The summed E-state index contributed by atoms with van der Waals surface area (Å²) >= 11 is 12.7. The molecular weight excluding hydrogens is 461 g/mol. The second-order valence-corrected chi connectivity index (χ2v) is 10.4. The van der Waals surface area contributed by atoms with E-state index in [2.05, 4.69) is 32.3 Å². The zero-order valence-electron chi connectivity index (χ0n) is 16.5. The van der Waals surface area contributed by atoms with Crippen LogP contribution in [-0.2, 0) is 0 Å². The highest BCUT2D eigenvalue weighted by atomic mass is 32.2. The van der Waals surface area contributed by atoms with Gasteiger partial charge in [0, 0.05) is 10.8 Å². The Bertz CT molecular complexity index is 989.